The van der Waals surface area contributed by atoms with Gasteiger partial charge in [0.1, 0.15) is 0 Å². The van der Waals surface area contributed by atoms with Gasteiger partial charge >= 0.3 is 0 Å². The second-order valence-electron chi connectivity index (χ2n) is 6.65. The number of ether oxygens (including phenoxy) is 2. The van der Waals surface area contributed by atoms with Gasteiger partial charge in [0.05, 0.1) is 35.9 Å². The van der Waals surface area contributed by atoms with E-state index in [0.29, 0.717) is 18.0 Å². The van der Waals surface area contributed by atoms with Crippen LogP contribution in [0.1, 0.15) is 5.56 Å². The van der Waals surface area contributed by atoms with Crippen LogP contribution in [-0.2, 0) is 26.2 Å². The first-order valence-corrected chi connectivity index (χ1v) is 12.1. The lowest BCUT2D eigenvalue weighted by atomic mass is 10.1. The Morgan fingerprint density at radius 1 is 1.00 bits per heavy atom. The molecule has 9 heteroatoms. The van der Waals surface area contributed by atoms with Gasteiger partial charge in [-0.3, -0.25) is 0 Å². The predicted molar refractivity (Wildman–Crippen MR) is 106 cm³/mol. The third-order valence-corrected chi connectivity index (χ3v) is 8.95. The summed E-state index contributed by atoms with van der Waals surface area (Å²) in [5, 5.41) is 2.09. The van der Waals surface area contributed by atoms with Crippen LogP contribution >= 0.6 is 0 Å². The fraction of sp³-hybridized carbons (Fsp3) is 0.368. The Labute approximate surface area is 165 Å². The van der Waals surface area contributed by atoms with Crippen LogP contribution in [-0.4, -0.2) is 53.9 Å². The second-order valence-corrected chi connectivity index (χ2v) is 11.0. The van der Waals surface area contributed by atoms with Gasteiger partial charge in [-0.25, -0.2) is 16.8 Å². The van der Waals surface area contributed by atoms with Crippen molar-refractivity contribution in [3.05, 3.63) is 54.1 Å². The van der Waals surface area contributed by atoms with E-state index in [4.69, 9.17) is 9.47 Å². The van der Waals surface area contributed by atoms with Gasteiger partial charge in [0.25, 0.3) is 0 Å². The first-order valence-electron chi connectivity index (χ1n) is 8.70. The average molecular weight is 426 g/mol. The Bertz CT molecular complexity index is 1040. The van der Waals surface area contributed by atoms with Crippen molar-refractivity contribution in [3.8, 4) is 11.5 Å². The molecule has 1 aliphatic rings. The maximum Gasteiger partial charge on any atom is 0.183 e. The summed E-state index contributed by atoms with van der Waals surface area (Å²) in [6, 6.07) is 12.6. The molecule has 0 bridgehead atoms. The fourth-order valence-electron chi connectivity index (χ4n) is 3.34. The highest BCUT2D eigenvalue weighted by molar-refractivity contribution is 7.96. The van der Waals surface area contributed by atoms with Gasteiger partial charge in [0.2, 0.25) is 0 Å². The number of sulfone groups is 2. The van der Waals surface area contributed by atoms with E-state index >= 15 is 0 Å². The number of rotatable bonds is 7. The van der Waals surface area contributed by atoms with Gasteiger partial charge in [-0.15, -0.1) is 0 Å². The van der Waals surface area contributed by atoms with Crippen molar-refractivity contribution in [1.82, 2.24) is 5.32 Å². The molecule has 2 atom stereocenters. The Balaban J connectivity index is 1.82. The summed E-state index contributed by atoms with van der Waals surface area (Å²) in [6.45, 7) is 0.307. The molecule has 0 amide bonds. The number of methoxy groups -OCH3 is 2. The van der Waals surface area contributed by atoms with Crippen molar-refractivity contribution >= 4 is 19.7 Å². The van der Waals surface area contributed by atoms with Gasteiger partial charge in [-0.1, -0.05) is 24.3 Å². The van der Waals surface area contributed by atoms with Crippen molar-refractivity contribution in [2.45, 2.75) is 22.7 Å². The number of benzene rings is 2. The quantitative estimate of drug-likeness (QED) is 0.716. The first-order chi connectivity index (χ1) is 13.3. The lowest BCUT2D eigenvalue weighted by Crippen LogP contribution is -2.43. The van der Waals surface area contributed by atoms with Gasteiger partial charge in [-0.05, 0) is 29.8 Å². The second kappa shape index (κ2) is 8.10. The molecule has 0 aliphatic carbocycles. The summed E-state index contributed by atoms with van der Waals surface area (Å²) >= 11 is 0. The first kappa shape index (κ1) is 20.6. The van der Waals surface area contributed by atoms with Crippen molar-refractivity contribution in [3.63, 3.8) is 0 Å². The number of nitrogens with one attached hydrogen (secondary N) is 1. The molecule has 0 spiro atoms. The summed E-state index contributed by atoms with van der Waals surface area (Å²) in [7, 11) is -4.15. The van der Waals surface area contributed by atoms with Crippen LogP contribution < -0.4 is 14.8 Å². The zero-order valence-corrected chi connectivity index (χ0v) is 17.3. The summed E-state index contributed by atoms with van der Waals surface area (Å²) in [6.07, 6.45) is 0. The zero-order chi connectivity index (χ0) is 20.4. The minimum absolute atomic E-state index is 0.134. The van der Waals surface area contributed by atoms with Crippen molar-refractivity contribution in [2.24, 2.45) is 0 Å². The van der Waals surface area contributed by atoms with E-state index in [9.17, 15) is 16.8 Å². The van der Waals surface area contributed by atoms with Crippen molar-refractivity contribution < 1.29 is 26.3 Å². The van der Waals surface area contributed by atoms with Crippen LogP contribution in [0.15, 0.2) is 53.4 Å². The molecular weight excluding hydrogens is 402 g/mol. The summed E-state index contributed by atoms with van der Waals surface area (Å²) in [5.41, 5.74) is 0.831. The lowest BCUT2D eigenvalue weighted by molar-refractivity contribution is 0.354. The molecule has 3 rings (SSSR count). The molecule has 152 valence electrons. The summed E-state index contributed by atoms with van der Waals surface area (Å²) < 4.78 is 60.8. The summed E-state index contributed by atoms with van der Waals surface area (Å²) in [5.74, 6) is 0.540. The zero-order valence-electron chi connectivity index (χ0n) is 15.7. The monoisotopic (exact) mass is 425 g/mol. The standard InChI is InChI=1S/C19H23NO6S2/c1-25-17-9-8-14(10-18(17)26-2)11-20-16-12-27(21,22)13-19(16)28(23,24)15-6-4-3-5-7-15/h3-10,16,19-20H,11-13H2,1-2H3. The van der Waals surface area contributed by atoms with E-state index < -0.39 is 31.0 Å². The average Bonchev–Trinajstić information content (AvgIpc) is 3.02. The predicted octanol–water partition coefficient (Wildman–Crippen LogP) is 1.43. The van der Waals surface area contributed by atoms with Crippen molar-refractivity contribution in [2.75, 3.05) is 25.7 Å². The SMILES string of the molecule is COc1ccc(CNC2CS(=O)(=O)CC2S(=O)(=O)c2ccccc2)cc1OC. The van der Waals surface area contributed by atoms with E-state index in [1.807, 2.05) is 6.07 Å². The largest absolute Gasteiger partial charge is 0.493 e. The molecule has 2 aromatic rings. The highest BCUT2D eigenvalue weighted by Gasteiger charge is 2.45. The van der Waals surface area contributed by atoms with Crippen LogP contribution in [0.2, 0.25) is 0 Å². The number of hydrogen-bond donors (Lipinski definition) is 1. The maximum atomic E-state index is 13.0. The van der Waals surface area contributed by atoms with Crippen LogP contribution in [0.4, 0.5) is 0 Å². The smallest absolute Gasteiger partial charge is 0.183 e. The molecule has 1 aliphatic heterocycles. The minimum atomic E-state index is -3.77. The highest BCUT2D eigenvalue weighted by Crippen LogP contribution is 2.29. The van der Waals surface area contributed by atoms with Gasteiger partial charge in [-0.2, -0.15) is 0 Å². The van der Waals surface area contributed by atoms with Crippen LogP contribution in [0, 0.1) is 0 Å². The fourth-order valence-corrected chi connectivity index (χ4v) is 8.07. The van der Waals surface area contributed by atoms with E-state index in [1.165, 1.54) is 26.4 Å². The van der Waals surface area contributed by atoms with Gasteiger partial charge in [0, 0.05) is 12.6 Å². The molecule has 2 aromatic carbocycles. The molecule has 1 saturated heterocycles. The highest BCUT2D eigenvalue weighted by atomic mass is 32.2. The maximum absolute atomic E-state index is 13.0. The lowest BCUT2D eigenvalue weighted by Gasteiger charge is -2.20. The molecule has 7 nitrogen and oxygen atoms in total. The summed E-state index contributed by atoms with van der Waals surface area (Å²) in [4.78, 5) is 0.134. The normalized spacial score (nSPS) is 21.4. The molecule has 0 aromatic heterocycles. The van der Waals surface area contributed by atoms with Crippen LogP contribution in [0.3, 0.4) is 0 Å². The topological polar surface area (TPSA) is 98.8 Å². The van der Waals surface area contributed by atoms with Crippen LogP contribution in [0.25, 0.3) is 0 Å². The molecular formula is C19H23NO6S2. The molecule has 1 heterocycles. The molecule has 1 N–H and O–H groups in total. The molecule has 28 heavy (non-hydrogen) atoms. The molecule has 0 radical (unpaired) electrons. The van der Waals surface area contributed by atoms with Crippen LogP contribution in [0.5, 0.6) is 11.5 Å². The Hall–Kier alpha value is -2.10. The molecule has 1 fully saturated rings. The van der Waals surface area contributed by atoms with Gasteiger partial charge in [0.15, 0.2) is 31.2 Å². The molecule has 0 saturated carbocycles. The Morgan fingerprint density at radius 3 is 2.32 bits per heavy atom. The number of hydrogen-bond acceptors (Lipinski definition) is 7. The van der Waals surface area contributed by atoms with E-state index in [2.05, 4.69) is 5.32 Å². The van der Waals surface area contributed by atoms with E-state index in [1.54, 1.807) is 30.3 Å². The Kier molecular flexibility index (Phi) is 5.97. The van der Waals surface area contributed by atoms with Gasteiger partial charge < -0.3 is 14.8 Å². The Morgan fingerprint density at radius 2 is 1.68 bits per heavy atom. The van der Waals surface area contributed by atoms with E-state index in [-0.39, 0.29) is 16.4 Å². The molecule has 2 unspecified atom stereocenters. The van der Waals surface area contributed by atoms with Crippen molar-refractivity contribution in [1.29, 1.82) is 0 Å². The van der Waals surface area contributed by atoms with E-state index in [0.717, 1.165) is 5.56 Å². The third kappa shape index (κ3) is 4.31. The minimum Gasteiger partial charge on any atom is -0.493 e. The third-order valence-electron chi connectivity index (χ3n) is 4.79.